The average molecular weight is 573 g/mol. The first-order chi connectivity index (χ1) is 18.9. The number of piperazine rings is 1. The largest absolute Gasteiger partial charge is 0.444 e. The highest BCUT2D eigenvalue weighted by atomic mass is 32.2. The Balaban J connectivity index is 1.23. The molecule has 4 heterocycles. The smallest absolute Gasteiger partial charge is 0.433 e. The predicted octanol–water partition coefficient (Wildman–Crippen LogP) is 5.74. The van der Waals surface area contributed by atoms with Gasteiger partial charge in [-0.2, -0.15) is 13.2 Å². The number of benzene rings is 1. The number of carbonyl (C=O) groups excluding carboxylic acids is 1. The molecule has 10 nitrogen and oxygen atoms in total. The van der Waals surface area contributed by atoms with Gasteiger partial charge >= 0.3 is 12.3 Å². The molecule has 1 amide bonds. The maximum Gasteiger partial charge on any atom is 0.433 e. The second-order valence-corrected chi connectivity index (χ2v) is 11.3. The molecule has 1 fully saturated rings. The predicted molar refractivity (Wildman–Crippen MR) is 145 cm³/mol. The topological polar surface area (TPSA) is 112 Å². The molecule has 2 N–H and O–H groups in total. The van der Waals surface area contributed by atoms with E-state index in [4.69, 9.17) is 4.74 Å². The number of aromatic nitrogens is 5. The molecule has 0 spiro atoms. The zero-order valence-electron chi connectivity index (χ0n) is 22.0. The Morgan fingerprint density at radius 1 is 1.02 bits per heavy atom. The third-order valence-corrected chi connectivity index (χ3v) is 6.93. The van der Waals surface area contributed by atoms with E-state index in [1.807, 2.05) is 32.9 Å². The number of nitrogens with zero attached hydrogens (tertiary/aromatic N) is 6. The Morgan fingerprint density at radius 3 is 2.52 bits per heavy atom. The number of rotatable bonds is 5. The van der Waals surface area contributed by atoms with Gasteiger partial charge in [-0.05, 0) is 63.1 Å². The molecule has 0 radical (unpaired) electrons. The van der Waals surface area contributed by atoms with Crippen molar-refractivity contribution in [3.05, 3.63) is 54.6 Å². The third-order valence-electron chi connectivity index (χ3n) is 5.84. The maximum atomic E-state index is 13.1. The summed E-state index contributed by atoms with van der Waals surface area (Å²) >= 11 is 1.58. The molecule has 4 aromatic rings. The van der Waals surface area contributed by atoms with Crippen molar-refractivity contribution in [2.24, 2.45) is 0 Å². The number of H-pyrrole nitrogens is 1. The fourth-order valence-corrected chi connectivity index (χ4v) is 4.92. The van der Waals surface area contributed by atoms with Gasteiger partial charge in [-0.25, -0.2) is 29.0 Å². The van der Waals surface area contributed by atoms with Crippen LogP contribution in [0.3, 0.4) is 0 Å². The van der Waals surface area contributed by atoms with E-state index >= 15 is 0 Å². The van der Waals surface area contributed by atoms with Crippen LogP contribution in [0.1, 0.15) is 26.5 Å². The van der Waals surface area contributed by atoms with E-state index in [1.165, 1.54) is 0 Å². The quantitative estimate of drug-likeness (QED) is 0.289. The van der Waals surface area contributed by atoms with E-state index in [0.717, 1.165) is 17.3 Å². The van der Waals surface area contributed by atoms with Crippen LogP contribution < -0.4 is 5.32 Å². The second-order valence-electron chi connectivity index (χ2n) is 10.1. The van der Waals surface area contributed by atoms with Gasteiger partial charge in [-0.3, -0.25) is 0 Å². The molecule has 1 aliphatic rings. The number of ether oxygens (including phenoxy) is 1. The van der Waals surface area contributed by atoms with Gasteiger partial charge in [0.05, 0.1) is 16.7 Å². The van der Waals surface area contributed by atoms with Crippen molar-refractivity contribution in [2.45, 2.75) is 37.4 Å². The number of fused-ring (bicyclic) bond motifs is 1. The Labute approximate surface area is 232 Å². The second kappa shape index (κ2) is 10.9. The maximum absolute atomic E-state index is 13.1. The van der Waals surface area contributed by atoms with Crippen LogP contribution in [0.2, 0.25) is 0 Å². The molecule has 0 bridgehead atoms. The Bertz CT molecular complexity index is 1510. The molecule has 210 valence electrons. The van der Waals surface area contributed by atoms with Gasteiger partial charge in [-0.1, -0.05) is 6.07 Å². The van der Waals surface area contributed by atoms with Gasteiger partial charge in [0.15, 0.2) is 0 Å². The molecule has 1 saturated heterocycles. The highest BCUT2D eigenvalue weighted by Gasteiger charge is 2.33. The van der Waals surface area contributed by atoms with Crippen molar-refractivity contribution in [3.8, 4) is 11.3 Å². The number of imidazole rings is 1. The molecule has 1 aliphatic heterocycles. The molecular formula is C26H27F3N8O2S. The molecule has 0 saturated carbocycles. The SMILES string of the molecule is CC(C)(C)OC(=O)N1CCN(Sc2ccnc(Nc3nc4ccc(-c5cc(C(F)(F)F)ncn5)cc4[nH]3)c2)CC1. The first-order valence-electron chi connectivity index (χ1n) is 12.5. The van der Waals surface area contributed by atoms with Crippen LogP contribution in [0.4, 0.5) is 29.7 Å². The number of alkyl halides is 3. The van der Waals surface area contributed by atoms with Gasteiger partial charge < -0.3 is 19.9 Å². The van der Waals surface area contributed by atoms with Gasteiger partial charge in [0.1, 0.15) is 23.4 Å². The molecule has 14 heteroatoms. The molecule has 40 heavy (non-hydrogen) atoms. The van der Waals surface area contributed by atoms with Gasteiger partial charge in [-0.15, -0.1) is 0 Å². The van der Waals surface area contributed by atoms with E-state index in [0.29, 0.717) is 54.5 Å². The van der Waals surface area contributed by atoms with Crippen molar-refractivity contribution in [1.82, 2.24) is 34.1 Å². The highest BCUT2D eigenvalue weighted by molar-refractivity contribution is 7.97. The number of anilines is 2. The number of aromatic amines is 1. The van der Waals surface area contributed by atoms with Crippen LogP contribution in [0, 0.1) is 0 Å². The summed E-state index contributed by atoms with van der Waals surface area (Å²) in [6.45, 7) is 8.09. The summed E-state index contributed by atoms with van der Waals surface area (Å²) in [4.78, 5) is 34.3. The summed E-state index contributed by atoms with van der Waals surface area (Å²) in [7, 11) is 0. The van der Waals surface area contributed by atoms with Crippen molar-refractivity contribution in [3.63, 3.8) is 0 Å². The summed E-state index contributed by atoms with van der Waals surface area (Å²) in [5, 5.41) is 3.15. The minimum atomic E-state index is -4.55. The van der Waals surface area contributed by atoms with E-state index in [-0.39, 0.29) is 11.8 Å². The van der Waals surface area contributed by atoms with Gasteiger partial charge in [0.25, 0.3) is 0 Å². The number of pyridine rings is 1. The lowest BCUT2D eigenvalue weighted by Crippen LogP contribution is -2.47. The minimum Gasteiger partial charge on any atom is -0.444 e. The van der Waals surface area contributed by atoms with Gasteiger partial charge in [0.2, 0.25) is 5.95 Å². The first kappa shape index (κ1) is 27.6. The first-order valence-corrected chi connectivity index (χ1v) is 13.2. The lowest BCUT2D eigenvalue weighted by Gasteiger charge is -2.34. The molecule has 0 aliphatic carbocycles. The van der Waals surface area contributed by atoms with Crippen LogP contribution in [-0.4, -0.2) is 72.0 Å². The molecule has 0 unspecified atom stereocenters. The summed E-state index contributed by atoms with van der Waals surface area (Å²) in [6, 6.07) is 9.76. The van der Waals surface area contributed by atoms with Crippen molar-refractivity contribution < 1.29 is 22.7 Å². The van der Waals surface area contributed by atoms with Crippen molar-refractivity contribution in [2.75, 3.05) is 31.5 Å². The summed E-state index contributed by atoms with van der Waals surface area (Å²) in [5.74, 6) is 1.01. The molecular weight excluding hydrogens is 545 g/mol. The lowest BCUT2D eigenvalue weighted by molar-refractivity contribution is -0.141. The monoisotopic (exact) mass is 572 g/mol. The van der Waals surface area contributed by atoms with Gasteiger partial charge in [0, 0.05) is 42.8 Å². The lowest BCUT2D eigenvalue weighted by atomic mass is 10.1. The average Bonchev–Trinajstić information content (AvgIpc) is 3.29. The van der Waals surface area contributed by atoms with Crippen molar-refractivity contribution in [1.29, 1.82) is 0 Å². The zero-order chi connectivity index (χ0) is 28.5. The molecule has 0 atom stereocenters. The van der Waals surface area contributed by atoms with Crippen molar-refractivity contribution >= 4 is 40.8 Å². The number of carbonyl (C=O) groups is 1. The number of hydrogen-bond donors (Lipinski definition) is 2. The summed E-state index contributed by atoms with van der Waals surface area (Å²) in [5.41, 5.74) is 0.386. The molecule has 5 rings (SSSR count). The fourth-order valence-electron chi connectivity index (χ4n) is 3.99. The number of hydrogen-bond acceptors (Lipinski definition) is 9. The molecule has 3 aromatic heterocycles. The number of nitrogens with one attached hydrogen (secondary N) is 2. The van der Waals surface area contributed by atoms with Crippen LogP contribution in [0.5, 0.6) is 0 Å². The summed E-state index contributed by atoms with van der Waals surface area (Å²) in [6.07, 6.45) is -2.26. The normalized spacial score (nSPS) is 14.9. The zero-order valence-corrected chi connectivity index (χ0v) is 22.8. The van der Waals surface area contributed by atoms with E-state index < -0.39 is 17.5 Å². The number of amides is 1. The Kier molecular flexibility index (Phi) is 7.55. The standard InChI is InChI=1S/C26H27F3N8O2S/c1-25(2,3)39-24(38)36-8-10-37(11-9-36)40-17-6-7-30-22(13-17)35-23-33-18-5-4-16(12-20(18)34-23)19-14-21(26(27,28)29)32-15-31-19/h4-7,12-15H,8-11H2,1-3H3,(H2,30,33,34,35). The van der Waals surface area contributed by atoms with E-state index in [2.05, 4.69) is 34.5 Å². The van der Waals surface area contributed by atoms with Crippen LogP contribution in [-0.2, 0) is 10.9 Å². The number of halogens is 3. The van der Waals surface area contributed by atoms with E-state index in [9.17, 15) is 18.0 Å². The van der Waals surface area contributed by atoms with Crippen LogP contribution >= 0.6 is 11.9 Å². The van der Waals surface area contributed by atoms with Crippen LogP contribution in [0.15, 0.2) is 53.8 Å². The Morgan fingerprint density at radius 2 is 1.80 bits per heavy atom. The molecule has 1 aromatic carbocycles. The minimum absolute atomic E-state index is 0.159. The van der Waals surface area contributed by atoms with E-state index in [1.54, 1.807) is 41.2 Å². The third kappa shape index (κ3) is 6.80. The highest BCUT2D eigenvalue weighted by Crippen LogP contribution is 2.31. The summed E-state index contributed by atoms with van der Waals surface area (Å²) < 4.78 is 46.8. The van der Waals surface area contributed by atoms with Crippen LogP contribution in [0.25, 0.3) is 22.3 Å². The Hall–Kier alpha value is -3.91. The fraction of sp³-hybridized carbons (Fsp3) is 0.346.